The molecule has 2 aliphatic rings. The van der Waals surface area contributed by atoms with Crippen LogP contribution < -0.4 is 10.2 Å². The molecule has 3 rings (SSSR count). The molecule has 0 amide bonds. The average Bonchev–Trinajstić information content (AvgIpc) is 2.48. The third kappa shape index (κ3) is 2.67. The van der Waals surface area contributed by atoms with Crippen LogP contribution in [0.15, 0.2) is 18.2 Å². The van der Waals surface area contributed by atoms with Crippen molar-refractivity contribution in [3.63, 3.8) is 0 Å². The summed E-state index contributed by atoms with van der Waals surface area (Å²) in [7, 11) is 1.98. The van der Waals surface area contributed by atoms with Gasteiger partial charge in [0.25, 0.3) is 0 Å². The third-order valence-electron chi connectivity index (χ3n) is 4.46. The second-order valence-corrected chi connectivity index (χ2v) is 6.14. The number of nitrogens with zero attached hydrogens (tertiary/aromatic N) is 1. The second kappa shape index (κ2) is 6.33. The molecule has 20 heavy (non-hydrogen) atoms. The van der Waals surface area contributed by atoms with Gasteiger partial charge in [-0.1, -0.05) is 36.6 Å². The maximum atomic E-state index is 6.52. The number of rotatable bonds is 3. The van der Waals surface area contributed by atoms with Crippen molar-refractivity contribution in [2.24, 2.45) is 0 Å². The Morgan fingerprint density at radius 1 is 1.35 bits per heavy atom. The lowest BCUT2D eigenvalue weighted by atomic mass is 9.89. The van der Waals surface area contributed by atoms with Crippen LogP contribution in [0.4, 0.5) is 5.69 Å². The maximum Gasteiger partial charge on any atom is 0.0779 e. The van der Waals surface area contributed by atoms with Crippen LogP contribution in [-0.4, -0.2) is 32.3 Å². The Hall–Kier alpha value is -0.770. The van der Waals surface area contributed by atoms with Gasteiger partial charge in [0.05, 0.1) is 29.5 Å². The molecule has 1 aliphatic heterocycles. The predicted molar refractivity (Wildman–Crippen MR) is 83.6 cm³/mol. The van der Waals surface area contributed by atoms with Crippen molar-refractivity contribution >= 4 is 17.3 Å². The van der Waals surface area contributed by atoms with Gasteiger partial charge < -0.3 is 15.0 Å². The number of hydrogen-bond acceptors (Lipinski definition) is 3. The lowest BCUT2D eigenvalue weighted by molar-refractivity contribution is -0.00873. The molecule has 2 unspecified atom stereocenters. The summed E-state index contributed by atoms with van der Waals surface area (Å²) in [6.45, 7) is 2.61. The summed E-state index contributed by atoms with van der Waals surface area (Å²) in [5.74, 6) is 0. The average molecular weight is 295 g/mol. The molecule has 0 bridgehead atoms. The van der Waals surface area contributed by atoms with Crippen LogP contribution in [0.25, 0.3) is 0 Å². The minimum atomic E-state index is 0.385. The van der Waals surface area contributed by atoms with E-state index in [1.165, 1.54) is 36.9 Å². The molecule has 0 spiro atoms. The van der Waals surface area contributed by atoms with Crippen LogP contribution in [0.3, 0.4) is 0 Å². The smallest absolute Gasteiger partial charge is 0.0779 e. The first-order chi connectivity index (χ1) is 9.81. The van der Waals surface area contributed by atoms with Crippen molar-refractivity contribution in [3.05, 3.63) is 28.8 Å². The topological polar surface area (TPSA) is 24.5 Å². The van der Waals surface area contributed by atoms with Gasteiger partial charge in [0.15, 0.2) is 0 Å². The zero-order valence-electron chi connectivity index (χ0n) is 12.1. The normalized spacial score (nSPS) is 26.4. The molecule has 110 valence electrons. The van der Waals surface area contributed by atoms with E-state index in [4.69, 9.17) is 16.3 Å². The molecule has 1 saturated carbocycles. The van der Waals surface area contributed by atoms with Gasteiger partial charge in [0.1, 0.15) is 0 Å². The molecular formula is C16H23ClN2O. The van der Waals surface area contributed by atoms with Crippen LogP contribution in [0, 0.1) is 0 Å². The first kappa shape index (κ1) is 14.2. The molecule has 1 aromatic carbocycles. The van der Waals surface area contributed by atoms with E-state index in [0.29, 0.717) is 12.1 Å². The van der Waals surface area contributed by atoms with Crippen LogP contribution in [0.1, 0.15) is 31.2 Å². The summed E-state index contributed by atoms with van der Waals surface area (Å²) in [6, 6.07) is 6.71. The number of benzene rings is 1. The largest absolute Gasteiger partial charge is 0.374 e. The highest BCUT2D eigenvalue weighted by molar-refractivity contribution is 6.33. The van der Waals surface area contributed by atoms with Gasteiger partial charge in [0.2, 0.25) is 0 Å². The fourth-order valence-electron chi connectivity index (χ4n) is 3.59. The lowest BCUT2D eigenvalue weighted by Gasteiger charge is -2.46. The zero-order valence-corrected chi connectivity index (χ0v) is 12.8. The Morgan fingerprint density at radius 3 is 3.05 bits per heavy atom. The first-order valence-electron chi connectivity index (χ1n) is 7.61. The van der Waals surface area contributed by atoms with Crippen molar-refractivity contribution < 1.29 is 4.74 Å². The molecule has 3 nitrogen and oxygen atoms in total. The number of hydrogen-bond donors (Lipinski definition) is 1. The Morgan fingerprint density at radius 2 is 2.20 bits per heavy atom. The number of ether oxygens (including phenoxy) is 1. The molecule has 4 heteroatoms. The highest BCUT2D eigenvalue weighted by atomic mass is 35.5. The molecule has 0 aromatic heterocycles. The van der Waals surface area contributed by atoms with Gasteiger partial charge in [-0.15, -0.1) is 0 Å². The molecule has 1 saturated heterocycles. The fraction of sp³-hybridized carbons (Fsp3) is 0.625. The number of nitrogens with one attached hydrogen (secondary N) is 1. The number of para-hydroxylation sites is 1. The molecule has 1 aliphatic carbocycles. The summed E-state index contributed by atoms with van der Waals surface area (Å²) in [6.07, 6.45) is 5.38. The van der Waals surface area contributed by atoms with Gasteiger partial charge in [-0.3, -0.25) is 0 Å². The van der Waals surface area contributed by atoms with Crippen molar-refractivity contribution in [2.75, 3.05) is 25.1 Å². The van der Waals surface area contributed by atoms with Crippen LogP contribution in [0.2, 0.25) is 5.02 Å². The molecule has 2 fully saturated rings. The van der Waals surface area contributed by atoms with E-state index in [0.717, 1.165) is 24.7 Å². The molecule has 1 N–H and O–H groups in total. The Labute approximate surface area is 126 Å². The van der Waals surface area contributed by atoms with Gasteiger partial charge >= 0.3 is 0 Å². The summed E-state index contributed by atoms with van der Waals surface area (Å²) in [5, 5.41) is 4.11. The Bertz CT molecular complexity index is 464. The molecular weight excluding hydrogens is 272 g/mol. The summed E-state index contributed by atoms with van der Waals surface area (Å²) in [5.41, 5.74) is 2.50. The highest BCUT2D eigenvalue weighted by Crippen LogP contribution is 2.37. The van der Waals surface area contributed by atoms with E-state index in [2.05, 4.69) is 16.3 Å². The molecule has 0 radical (unpaired) electrons. The van der Waals surface area contributed by atoms with Gasteiger partial charge in [-0.25, -0.2) is 0 Å². The second-order valence-electron chi connectivity index (χ2n) is 5.73. The van der Waals surface area contributed by atoms with E-state index in [1.54, 1.807) is 0 Å². The van der Waals surface area contributed by atoms with E-state index in [1.807, 2.05) is 19.2 Å². The summed E-state index contributed by atoms with van der Waals surface area (Å²) >= 11 is 6.52. The van der Waals surface area contributed by atoms with Crippen LogP contribution >= 0.6 is 11.6 Å². The highest BCUT2D eigenvalue weighted by Gasteiger charge is 2.35. The molecule has 1 heterocycles. The van der Waals surface area contributed by atoms with Crippen molar-refractivity contribution in [1.82, 2.24) is 5.32 Å². The summed E-state index contributed by atoms with van der Waals surface area (Å²) < 4.78 is 5.97. The third-order valence-corrected chi connectivity index (χ3v) is 4.76. The maximum absolute atomic E-state index is 6.52. The summed E-state index contributed by atoms with van der Waals surface area (Å²) in [4.78, 5) is 2.50. The zero-order chi connectivity index (χ0) is 13.9. The quantitative estimate of drug-likeness (QED) is 0.926. The van der Waals surface area contributed by atoms with Crippen molar-refractivity contribution in [3.8, 4) is 0 Å². The standard InChI is InChI=1S/C16H23ClN2O/c1-18-11-12-5-4-6-13(17)16(12)19-9-10-20-15-8-3-2-7-14(15)19/h4-6,14-15,18H,2-3,7-11H2,1H3. The molecule has 1 aromatic rings. The van der Waals surface area contributed by atoms with E-state index >= 15 is 0 Å². The van der Waals surface area contributed by atoms with E-state index in [9.17, 15) is 0 Å². The number of anilines is 1. The fourth-order valence-corrected chi connectivity index (χ4v) is 3.89. The van der Waals surface area contributed by atoms with Gasteiger partial charge in [-0.2, -0.15) is 0 Å². The lowest BCUT2D eigenvalue weighted by Crippen LogP contribution is -2.53. The first-order valence-corrected chi connectivity index (χ1v) is 7.99. The van der Waals surface area contributed by atoms with Crippen molar-refractivity contribution in [1.29, 1.82) is 0 Å². The van der Waals surface area contributed by atoms with Crippen LogP contribution in [0.5, 0.6) is 0 Å². The Balaban J connectivity index is 1.94. The predicted octanol–water partition coefficient (Wildman–Crippen LogP) is 3.21. The van der Waals surface area contributed by atoms with Gasteiger partial charge in [-0.05, 0) is 31.5 Å². The SMILES string of the molecule is CNCc1cccc(Cl)c1N1CCOC2CCCCC21. The Kier molecular flexibility index (Phi) is 4.49. The number of morpholine rings is 1. The molecule has 2 atom stereocenters. The minimum absolute atomic E-state index is 0.385. The number of halogens is 1. The number of fused-ring (bicyclic) bond motifs is 1. The minimum Gasteiger partial charge on any atom is -0.374 e. The monoisotopic (exact) mass is 294 g/mol. The van der Waals surface area contributed by atoms with E-state index in [-0.39, 0.29) is 0 Å². The van der Waals surface area contributed by atoms with E-state index < -0.39 is 0 Å². The van der Waals surface area contributed by atoms with Crippen molar-refractivity contribution in [2.45, 2.75) is 44.4 Å². The van der Waals surface area contributed by atoms with Crippen LogP contribution in [-0.2, 0) is 11.3 Å². The van der Waals surface area contributed by atoms with Gasteiger partial charge in [0, 0.05) is 13.1 Å².